The van der Waals surface area contributed by atoms with E-state index in [1.54, 1.807) is 0 Å². The first-order valence-corrected chi connectivity index (χ1v) is 7.14. The highest BCUT2D eigenvalue weighted by Gasteiger charge is 2.03. The van der Waals surface area contributed by atoms with Gasteiger partial charge in [-0.2, -0.15) is 0 Å². The zero-order chi connectivity index (χ0) is 13.4. The highest BCUT2D eigenvalue weighted by molar-refractivity contribution is 5.46. The van der Waals surface area contributed by atoms with Crippen molar-refractivity contribution in [3.8, 4) is 0 Å². The summed E-state index contributed by atoms with van der Waals surface area (Å²) in [7, 11) is 2.18. The Morgan fingerprint density at radius 1 is 1.22 bits per heavy atom. The van der Waals surface area contributed by atoms with Crippen molar-refractivity contribution >= 4 is 5.69 Å². The lowest BCUT2D eigenvalue weighted by Gasteiger charge is -2.21. The Morgan fingerprint density at radius 2 is 1.89 bits per heavy atom. The van der Waals surface area contributed by atoms with Crippen molar-refractivity contribution < 1.29 is 0 Å². The molecule has 1 unspecified atom stereocenters. The van der Waals surface area contributed by atoms with E-state index in [-0.39, 0.29) is 0 Å². The van der Waals surface area contributed by atoms with Gasteiger partial charge in [-0.05, 0) is 51.8 Å². The quantitative estimate of drug-likeness (QED) is 0.756. The summed E-state index contributed by atoms with van der Waals surface area (Å²) in [4.78, 5) is 2.34. The third kappa shape index (κ3) is 5.54. The molecule has 2 heteroatoms. The summed E-state index contributed by atoms with van der Waals surface area (Å²) in [6.07, 6.45) is 3.70. The highest BCUT2D eigenvalue weighted by Crippen LogP contribution is 2.14. The Morgan fingerprint density at radius 3 is 2.50 bits per heavy atom. The first kappa shape index (κ1) is 15.0. The van der Waals surface area contributed by atoms with Crippen LogP contribution < -0.4 is 10.2 Å². The molecule has 0 saturated carbocycles. The summed E-state index contributed by atoms with van der Waals surface area (Å²) in [5.41, 5.74) is 2.64. The summed E-state index contributed by atoms with van der Waals surface area (Å²) >= 11 is 0. The lowest BCUT2D eigenvalue weighted by Crippen LogP contribution is -2.28. The van der Waals surface area contributed by atoms with Gasteiger partial charge in [-0.25, -0.2) is 0 Å². The molecule has 0 radical (unpaired) electrons. The van der Waals surface area contributed by atoms with Crippen molar-refractivity contribution in [1.82, 2.24) is 5.32 Å². The summed E-state index contributed by atoms with van der Waals surface area (Å²) in [5.74, 6) is 0. The number of nitrogens with one attached hydrogen (secondary N) is 1. The predicted molar refractivity (Wildman–Crippen MR) is 81.4 cm³/mol. The van der Waals surface area contributed by atoms with Crippen molar-refractivity contribution in [2.75, 3.05) is 25.0 Å². The second-order valence-corrected chi connectivity index (χ2v) is 5.25. The van der Waals surface area contributed by atoms with Crippen LogP contribution in [-0.4, -0.2) is 26.2 Å². The zero-order valence-corrected chi connectivity index (χ0v) is 12.4. The van der Waals surface area contributed by atoms with E-state index in [2.05, 4.69) is 62.3 Å². The van der Waals surface area contributed by atoms with Gasteiger partial charge >= 0.3 is 0 Å². The largest absolute Gasteiger partial charge is 0.375 e. The third-order valence-electron chi connectivity index (χ3n) is 3.35. The molecule has 0 heterocycles. The fourth-order valence-electron chi connectivity index (χ4n) is 2.06. The lowest BCUT2D eigenvalue weighted by atomic mass is 10.1. The zero-order valence-electron chi connectivity index (χ0n) is 12.4. The van der Waals surface area contributed by atoms with Crippen molar-refractivity contribution in [3.05, 3.63) is 29.8 Å². The van der Waals surface area contributed by atoms with Gasteiger partial charge in [-0.1, -0.05) is 24.6 Å². The Hall–Kier alpha value is -1.02. The number of aryl methyl sites for hydroxylation is 1. The molecule has 1 N–H and O–H groups in total. The van der Waals surface area contributed by atoms with Crippen LogP contribution in [-0.2, 0) is 0 Å². The van der Waals surface area contributed by atoms with E-state index in [1.807, 2.05) is 0 Å². The van der Waals surface area contributed by atoms with E-state index < -0.39 is 0 Å². The van der Waals surface area contributed by atoms with Crippen LogP contribution in [0.15, 0.2) is 24.3 Å². The molecular weight excluding hydrogens is 220 g/mol. The molecule has 0 amide bonds. The molecule has 18 heavy (non-hydrogen) atoms. The van der Waals surface area contributed by atoms with E-state index in [9.17, 15) is 0 Å². The van der Waals surface area contributed by atoms with Gasteiger partial charge in [0.05, 0.1) is 0 Å². The number of anilines is 1. The Balaban J connectivity index is 2.24. The molecule has 0 fully saturated rings. The number of hydrogen-bond donors (Lipinski definition) is 1. The van der Waals surface area contributed by atoms with E-state index in [1.165, 1.54) is 30.5 Å². The minimum Gasteiger partial charge on any atom is -0.375 e. The van der Waals surface area contributed by atoms with E-state index in [0.29, 0.717) is 6.04 Å². The summed E-state index contributed by atoms with van der Waals surface area (Å²) in [6.45, 7) is 8.88. The Kier molecular flexibility index (Phi) is 6.81. The minimum absolute atomic E-state index is 0.636. The first-order valence-electron chi connectivity index (χ1n) is 7.14. The van der Waals surface area contributed by atoms with Crippen LogP contribution in [0, 0.1) is 6.92 Å². The number of nitrogens with zero attached hydrogens (tertiary/aromatic N) is 1. The van der Waals surface area contributed by atoms with Gasteiger partial charge in [0, 0.05) is 25.3 Å². The van der Waals surface area contributed by atoms with Crippen LogP contribution in [0.25, 0.3) is 0 Å². The summed E-state index contributed by atoms with van der Waals surface area (Å²) in [6, 6.07) is 9.40. The monoisotopic (exact) mass is 248 g/mol. The molecule has 0 bridgehead atoms. The van der Waals surface area contributed by atoms with Crippen LogP contribution in [0.1, 0.15) is 38.7 Å². The standard InChI is InChI=1S/C16H28N2/c1-5-12-17-15(3)7-6-13-18(4)16-10-8-14(2)9-11-16/h8-11,15,17H,5-7,12-13H2,1-4H3. The maximum atomic E-state index is 3.53. The normalized spacial score (nSPS) is 12.4. The van der Waals surface area contributed by atoms with Crippen molar-refractivity contribution in [1.29, 1.82) is 0 Å². The first-order chi connectivity index (χ1) is 8.63. The molecule has 0 aliphatic carbocycles. The van der Waals surface area contributed by atoms with Crippen LogP contribution >= 0.6 is 0 Å². The molecule has 0 aliphatic heterocycles. The molecule has 0 saturated heterocycles. The van der Waals surface area contributed by atoms with E-state index >= 15 is 0 Å². The maximum Gasteiger partial charge on any atom is 0.0363 e. The fraction of sp³-hybridized carbons (Fsp3) is 0.625. The lowest BCUT2D eigenvalue weighted by molar-refractivity contribution is 0.499. The molecular formula is C16H28N2. The van der Waals surface area contributed by atoms with Gasteiger partial charge in [0.25, 0.3) is 0 Å². The van der Waals surface area contributed by atoms with Crippen LogP contribution in [0.3, 0.4) is 0 Å². The van der Waals surface area contributed by atoms with Crippen LogP contribution in [0.5, 0.6) is 0 Å². The van der Waals surface area contributed by atoms with E-state index in [4.69, 9.17) is 0 Å². The van der Waals surface area contributed by atoms with Gasteiger partial charge in [0.2, 0.25) is 0 Å². The average Bonchev–Trinajstić information content (AvgIpc) is 2.37. The Labute approximate surface area is 112 Å². The second kappa shape index (κ2) is 8.15. The van der Waals surface area contributed by atoms with Crippen molar-refractivity contribution in [2.45, 2.75) is 46.1 Å². The maximum absolute atomic E-state index is 3.53. The van der Waals surface area contributed by atoms with Crippen LogP contribution in [0.4, 0.5) is 5.69 Å². The average molecular weight is 248 g/mol. The molecule has 102 valence electrons. The smallest absolute Gasteiger partial charge is 0.0363 e. The topological polar surface area (TPSA) is 15.3 Å². The number of hydrogen-bond acceptors (Lipinski definition) is 2. The van der Waals surface area contributed by atoms with Crippen LogP contribution in [0.2, 0.25) is 0 Å². The van der Waals surface area contributed by atoms with Gasteiger partial charge in [-0.3, -0.25) is 0 Å². The number of benzene rings is 1. The molecule has 2 nitrogen and oxygen atoms in total. The number of rotatable bonds is 8. The summed E-state index contributed by atoms with van der Waals surface area (Å²) < 4.78 is 0. The van der Waals surface area contributed by atoms with Gasteiger partial charge in [0.15, 0.2) is 0 Å². The molecule has 1 aromatic carbocycles. The molecule has 1 atom stereocenters. The molecule has 1 rings (SSSR count). The van der Waals surface area contributed by atoms with Gasteiger partial charge in [-0.15, -0.1) is 0 Å². The molecule has 0 aliphatic rings. The van der Waals surface area contributed by atoms with Crippen molar-refractivity contribution in [2.24, 2.45) is 0 Å². The molecule has 0 aromatic heterocycles. The minimum atomic E-state index is 0.636. The third-order valence-corrected chi connectivity index (χ3v) is 3.35. The SMILES string of the molecule is CCCNC(C)CCCN(C)c1ccc(C)cc1. The molecule has 0 spiro atoms. The van der Waals surface area contributed by atoms with Gasteiger partial charge in [0.1, 0.15) is 0 Å². The second-order valence-electron chi connectivity index (χ2n) is 5.25. The molecule has 1 aromatic rings. The Bertz CT molecular complexity index is 318. The highest BCUT2D eigenvalue weighted by atomic mass is 15.1. The predicted octanol–water partition coefficient (Wildman–Crippen LogP) is 3.60. The summed E-state index contributed by atoms with van der Waals surface area (Å²) in [5, 5.41) is 3.53. The van der Waals surface area contributed by atoms with E-state index in [0.717, 1.165) is 13.1 Å². The fourth-order valence-corrected chi connectivity index (χ4v) is 2.06. The van der Waals surface area contributed by atoms with Gasteiger partial charge < -0.3 is 10.2 Å². The van der Waals surface area contributed by atoms with Crippen molar-refractivity contribution in [3.63, 3.8) is 0 Å².